The molecule has 2 aromatic carbocycles. The molecule has 2 aromatic heterocycles. The summed E-state index contributed by atoms with van der Waals surface area (Å²) >= 11 is 4.58. The summed E-state index contributed by atoms with van der Waals surface area (Å²) in [6.45, 7) is 2.10. The molecule has 2 amide bonds. The lowest BCUT2D eigenvalue weighted by Gasteiger charge is -2.30. The number of carbonyl (C=O) groups excluding carboxylic acids is 2. The summed E-state index contributed by atoms with van der Waals surface area (Å²) in [7, 11) is 0. The standard InChI is InChI=1S/C23H19BrN4O3S/c1-15-11-12-20(31-15)21(22(29)25-13-16-7-3-2-4-8-16)28(19-10-6-5-9-17(19)24)23(30)18-14-32-27-26-18/h2-12,14,21H,13H2,1H3,(H,25,29)/t21-/m1/s1. The molecule has 32 heavy (non-hydrogen) atoms. The monoisotopic (exact) mass is 510 g/mol. The Morgan fingerprint density at radius 3 is 2.50 bits per heavy atom. The molecule has 0 bridgehead atoms. The highest BCUT2D eigenvalue weighted by molar-refractivity contribution is 9.10. The summed E-state index contributed by atoms with van der Waals surface area (Å²) in [5, 5.41) is 8.42. The zero-order valence-corrected chi connectivity index (χ0v) is 19.5. The molecular formula is C23H19BrN4O3S. The van der Waals surface area contributed by atoms with E-state index in [0.29, 0.717) is 28.2 Å². The number of nitrogens with zero attached hydrogens (tertiary/aromatic N) is 3. The third-order valence-corrected chi connectivity index (χ3v) is 5.93. The van der Waals surface area contributed by atoms with Gasteiger partial charge in [-0.1, -0.05) is 47.0 Å². The molecule has 162 valence electrons. The molecule has 0 spiro atoms. The molecule has 7 nitrogen and oxygen atoms in total. The number of halogens is 1. The van der Waals surface area contributed by atoms with Crippen molar-refractivity contribution in [3.8, 4) is 0 Å². The van der Waals surface area contributed by atoms with Crippen LogP contribution in [0.4, 0.5) is 5.69 Å². The largest absolute Gasteiger partial charge is 0.464 e. The van der Waals surface area contributed by atoms with Gasteiger partial charge in [0, 0.05) is 16.4 Å². The average molecular weight is 511 g/mol. The summed E-state index contributed by atoms with van der Waals surface area (Å²) in [5.74, 6) is 0.145. The Bertz CT molecular complexity index is 1210. The molecule has 4 rings (SSSR count). The molecule has 0 saturated carbocycles. The third-order valence-electron chi connectivity index (χ3n) is 4.76. The summed E-state index contributed by atoms with van der Waals surface area (Å²) < 4.78 is 10.3. The van der Waals surface area contributed by atoms with Crippen molar-refractivity contribution in [2.75, 3.05) is 4.90 Å². The maximum absolute atomic E-state index is 13.5. The van der Waals surface area contributed by atoms with Crippen molar-refractivity contribution in [1.29, 1.82) is 0 Å². The van der Waals surface area contributed by atoms with E-state index in [9.17, 15) is 9.59 Å². The Hall–Kier alpha value is -3.30. The molecule has 9 heteroatoms. The summed E-state index contributed by atoms with van der Waals surface area (Å²) in [6, 6.07) is 19.2. The van der Waals surface area contributed by atoms with Crippen LogP contribution >= 0.6 is 27.5 Å². The highest BCUT2D eigenvalue weighted by Gasteiger charge is 2.37. The maximum atomic E-state index is 13.5. The van der Waals surface area contributed by atoms with Gasteiger partial charge < -0.3 is 9.73 Å². The van der Waals surface area contributed by atoms with Crippen LogP contribution in [-0.2, 0) is 11.3 Å². The van der Waals surface area contributed by atoms with Crippen molar-refractivity contribution in [2.24, 2.45) is 0 Å². The Kier molecular flexibility index (Phi) is 6.77. The fourth-order valence-electron chi connectivity index (χ4n) is 3.25. The number of aromatic nitrogens is 2. The van der Waals surface area contributed by atoms with Gasteiger partial charge in [0.2, 0.25) is 0 Å². The van der Waals surface area contributed by atoms with Crippen molar-refractivity contribution in [3.05, 3.63) is 99.4 Å². The number of hydrogen-bond acceptors (Lipinski definition) is 6. The van der Waals surface area contributed by atoms with Gasteiger partial charge in [-0.25, -0.2) is 0 Å². The van der Waals surface area contributed by atoms with Crippen molar-refractivity contribution in [1.82, 2.24) is 14.9 Å². The fraction of sp³-hybridized carbons (Fsp3) is 0.130. The van der Waals surface area contributed by atoms with Gasteiger partial charge in [0.25, 0.3) is 11.8 Å². The minimum atomic E-state index is -1.06. The van der Waals surface area contributed by atoms with E-state index >= 15 is 0 Å². The summed E-state index contributed by atoms with van der Waals surface area (Å²) in [4.78, 5) is 28.4. The van der Waals surface area contributed by atoms with Gasteiger partial charge in [-0.3, -0.25) is 14.5 Å². The molecule has 0 aliphatic rings. The van der Waals surface area contributed by atoms with Crippen molar-refractivity contribution in [2.45, 2.75) is 19.5 Å². The first-order chi connectivity index (χ1) is 15.5. The van der Waals surface area contributed by atoms with Crippen LogP contribution < -0.4 is 10.2 Å². The number of aryl methyl sites for hydroxylation is 1. The van der Waals surface area contributed by atoms with E-state index in [1.54, 1.807) is 42.6 Å². The van der Waals surface area contributed by atoms with Crippen LogP contribution in [0.1, 0.15) is 33.6 Å². The van der Waals surface area contributed by atoms with Gasteiger partial charge in [0.1, 0.15) is 11.5 Å². The minimum absolute atomic E-state index is 0.148. The molecule has 0 unspecified atom stereocenters. The molecule has 2 heterocycles. The normalized spacial score (nSPS) is 11.7. The van der Waals surface area contributed by atoms with Crippen molar-refractivity contribution >= 4 is 45.0 Å². The number of rotatable bonds is 7. The van der Waals surface area contributed by atoms with E-state index in [1.807, 2.05) is 36.4 Å². The van der Waals surface area contributed by atoms with E-state index in [-0.39, 0.29) is 11.6 Å². The Morgan fingerprint density at radius 1 is 1.09 bits per heavy atom. The van der Waals surface area contributed by atoms with Gasteiger partial charge in [-0.15, -0.1) is 5.10 Å². The van der Waals surface area contributed by atoms with Crippen LogP contribution in [-0.4, -0.2) is 21.4 Å². The minimum Gasteiger partial charge on any atom is -0.464 e. The highest BCUT2D eigenvalue weighted by atomic mass is 79.9. The quantitative estimate of drug-likeness (QED) is 0.381. The molecule has 0 aliphatic carbocycles. The first-order valence-electron chi connectivity index (χ1n) is 9.77. The van der Waals surface area contributed by atoms with Gasteiger partial charge in [-0.2, -0.15) is 0 Å². The lowest BCUT2D eigenvalue weighted by atomic mass is 10.1. The number of carbonyl (C=O) groups is 2. The van der Waals surface area contributed by atoms with Crippen LogP contribution in [0.3, 0.4) is 0 Å². The average Bonchev–Trinajstić information content (AvgIpc) is 3.49. The van der Waals surface area contributed by atoms with E-state index in [0.717, 1.165) is 17.1 Å². The van der Waals surface area contributed by atoms with Crippen LogP contribution in [0, 0.1) is 6.92 Å². The van der Waals surface area contributed by atoms with Crippen LogP contribution in [0.2, 0.25) is 0 Å². The van der Waals surface area contributed by atoms with E-state index in [2.05, 4.69) is 30.8 Å². The number of furan rings is 1. The van der Waals surface area contributed by atoms with Crippen molar-refractivity contribution in [3.63, 3.8) is 0 Å². The fourth-order valence-corrected chi connectivity index (χ4v) is 4.16. The smallest absolute Gasteiger partial charge is 0.280 e. The zero-order chi connectivity index (χ0) is 22.5. The maximum Gasteiger partial charge on any atom is 0.280 e. The van der Waals surface area contributed by atoms with Crippen LogP contribution in [0.25, 0.3) is 0 Å². The third kappa shape index (κ3) is 4.79. The molecule has 0 fully saturated rings. The second kappa shape index (κ2) is 9.88. The zero-order valence-electron chi connectivity index (χ0n) is 17.1. The van der Waals surface area contributed by atoms with Gasteiger partial charge in [0.15, 0.2) is 11.7 Å². The van der Waals surface area contributed by atoms with E-state index < -0.39 is 11.9 Å². The summed E-state index contributed by atoms with van der Waals surface area (Å²) in [5.41, 5.74) is 1.60. The topological polar surface area (TPSA) is 88.3 Å². The lowest BCUT2D eigenvalue weighted by molar-refractivity contribution is -0.123. The molecule has 1 atom stereocenters. The number of nitrogens with one attached hydrogen (secondary N) is 1. The van der Waals surface area contributed by atoms with Gasteiger partial charge in [0.05, 0.1) is 5.69 Å². The van der Waals surface area contributed by atoms with Crippen LogP contribution in [0.15, 0.2) is 81.0 Å². The molecule has 0 aliphatic heterocycles. The van der Waals surface area contributed by atoms with Gasteiger partial charge in [-0.05, 0) is 64.2 Å². The summed E-state index contributed by atoms with van der Waals surface area (Å²) in [6.07, 6.45) is 0. The Morgan fingerprint density at radius 2 is 1.84 bits per heavy atom. The predicted octanol–water partition coefficient (Wildman–Crippen LogP) is 4.91. The second-order valence-corrected chi connectivity index (χ2v) is 8.44. The molecule has 0 radical (unpaired) electrons. The highest BCUT2D eigenvalue weighted by Crippen LogP contribution is 2.35. The Balaban J connectivity index is 1.77. The van der Waals surface area contributed by atoms with Crippen molar-refractivity contribution < 1.29 is 14.0 Å². The predicted molar refractivity (Wildman–Crippen MR) is 125 cm³/mol. The first kappa shape index (κ1) is 21.9. The number of hydrogen-bond donors (Lipinski definition) is 1. The molecule has 0 saturated heterocycles. The number of para-hydroxylation sites is 1. The number of amides is 2. The van der Waals surface area contributed by atoms with Crippen LogP contribution in [0.5, 0.6) is 0 Å². The molecule has 4 aromatic rings. The number of anilines is 1. The SMILES string of the molecule is Cc1ccc([C@H](C(=O)NCc2ccccc2)N(C(=O)c2csnn2)c2ccccc2Br)o1. The Labute approximate surface area is 197 Å². The van der Waals surface area contributed by atoms with E-state index in [1.165, 1.54) is 4.90 Å². The molecule has 1 N–H and O–H groups in total. The van der Waals surface area contributed by atoms with E-state index in [4.69, 9.17) is 4.42 Å². The second-order valence-electron chi connectivity index (χ2n) is 6.97. The van der Waals surface area contributed by atoms with Gasteiger partial charge >= 0.3 is 0 Å². The molecular weight excluding hydrogens is 492 g/mol. The lowest BCUT2D eigenvalue weighted by Crippen LogP contribution is -2.44. The first-order valence-corrected chi connectivity index (χ1v) is 11.4. The number of benzene rings is 2.